The minimum absolute atomic E-state index is 0.186. The van der Waals surface area contributed by atoms with Gasteiger partial charge in [-0.05, 0) is 25.1 Å². The highest BCUT2D eigenvalue weighted by Gasteiger charge is 2.20. The van der Waals surface area contributed by atoms with Gasteiger partial charge in [0.1, 0.15) is 5.82 Å². The molecule has 0 aliphatic heterocycles. The lowest BCUT2D eigenvalue weighted by Gasteiger charge is -2.14. The molecule has 0 fully saturated rings. The van der Waals surface area contributed by atoms with Crippen LogP contribution in [0.1, 0.15) is 11.3 Å². The quantitative estimate of drug-likeness (QED) is 0.488. The van der Waals surface area contributed by atoms with Crippen LogP contribution in [-0.4, -0.2) is 25.1 Å². The Labute approximate surface area is 177 Å². The van der Waals surface area contributed by atoms with Crippen LogP contribution in [0.5, 0.6) is 0 Å². The molecule has 0 spiro atoms. The van der Waals surface area contributed by atoms with Gasteiger partial charge in [0.15, 0.2) is 5.82 Å². The Kier molecular flexibility index (Phi) is 5.44. The van der Waals surface area contributed by atoms with Gasteiger partial charge in [0.05, 0.1) is 6.42 Å². The van der Waals surface area contributed by atoms with Gasteiger partial charge in [0.25, 0.3) is 5.56 Å². The molecule has 0 aliphatic rings. The standard InChI is InChI=1S/C23H20FN5O2/c1-3-12-28-15(2)19(14-20(30)25-18-11-7-10-17(24)13-18)22(31)29-23(28)26-21(27-29)16-8-5-4-6-9-16/h3-11,13H,1,12,14H2,2H3,(H,25,30). The largest absolute Gasteiger partial charge is 0.326 e. The van der Waals surface area contributed by atoms with E-state index in [-0.39, 0.29) is 12.0 Å². The van der Waals surface area contributed by atoms with Gasteiger partial charge >= 0.3 is 0 Å². The maximum absolute atomic E-state index is 13.4. The number of allylic oxidation sites excluding steroid dienone is 1. The second-order valence-corrected chi connectivity index (χ2v) is 7.02. The van der Waals surface area contributed by atoms with Gasteiger partial charge in [-0.25, -0.2) is 4.39 Å². The van der Waals surface area contributed by atoms with Crippen molar-refractivity contribution in [2.75, 3.05) is 5.32 Å². The summed E-state index contributed by atoms with van der Waals surface area (Å²) in [6.45, 7) is 5.92. The average molecular weight is 417 g/mol. The number of fused-ring (bicyclic) bond motifs is 1. The molecule has 2 aromatic carbocycles. The fourth-order valence-corrected chi connectivity index (χ4v) is 3.40. The number of halogens is 1. The van der Waals surface area contributed by atoms with E-state index < -0.39 is 17.3 Å². The molecule has 0 atom stereocenters. The number of rotatable bonds is 6. The summed E-state index contributed by atoms with van der Waals surface area (Å²) in [5, 5.41) is 7.01. The van der Waals surface area contributed by atoms with Gasteiger partial charge < -0.3 is 9.88 Å². The highest BCUT2D eigenvalue weighted by Crippen LogP contribution is 2.17. The van der Waals surface area contributed by atoms with E-state index in [4.69, 9.17) is 0 Å². The van der Waals surface area contributed by atoms with Crippen molar-refractivity contribution in [3.8, 4) is 11.4 Å². The van der Waals surface area contributed by atoms with Crippen LogP contribution < -0.4 is 10.9 Å². The molecule has 2 aromatic heterocycles. The monoisotopic (exact) mass is 417 g/mol. The van der Waals surface area contributed by atoms with Gasteiger partial charge in [-0.3, -0.25) is 9.59 Å². The van der Waals surface area contributed by atoms with Crippen molar-refractivity contribution in [2.24, 2.45) is 0 Å². The van der Waals surface area contributed by atoms with Crippen molar-refractivity contribution < 1.29 is 9.18 Å². The van der Waals surface area contributed by atoms with E-state index in [0.717, 1.165) is 5.56 Å². The van der Waals surface area contributed by atoms with Crippen molar-refractivity contribution >= 4 is 17.4 Å². The molecule has 156 valence electrons. The molecule has 2 heterocycles. The number of carbonyl (C=O) groups is 1. The third-order valence-corrected chi connectivity index (χ3v) is 4.91. The molecule has 1 N–H and O–H groups in total. The van der Waals surface area contributed by atoms with Crippen LogP contribution in [0, 0.1) is 12.7 Å². The predicted octanol–water partition coefficient (Wildman–Crippen LogP) is 3.37. The minimum Gasteiger partial charge on any atom is -0.326 e. The van der Waals surface area contributed by atoms with Crippen molar-refractivity contribution in [2.45, 2.75) is 19.9 Å². The summed E-state index contributed by atoms with van der Waals surface area (Å²) in [6, 6.07) is 14.9. The van der Waals surface area contributed by atoms with Gasteiger partial charge in [-0.2, -0.15) is 9.50 Å². The topological polar surface area (TPSA) is 81.3 Å². The number of aromatic nitrogens is 4. The number of hydrogen-bond acceptors (Lipinski definition) is 4. The first-order valence-electron chi connectivity index (χ1n) is 9.68. The lowest BCUT2D eigenvalue weighted by Crippen LogP contribution is -2.29. The first-order valence-corrected chi connectivity index (χ1v) is 9.68. The third kappa shape index (κ3) is 4.00. The second kappa shape index (κ2) is 8.35. The third-order valence-electron chi connectivity index (χ3n) is 4.91. The molecular formula is C23H20FN5O2. The molecule has 0 saturated heterocycles. The molecule has 7 nitrogen and oxygen atoms in total. The maximum atomic E-state index is 13.4. The van der Waals surface area contributed by atoms with Crippen LogP contribution in [-0.2, 0) is 17.8 Å². The summed E-state index contributed by atoms with van der Waals surface area (Å²) in [5.74, 6) is -0.106. The van der Waals surface area contributed by atoms with Gasteiger partial charge in [-0.1, -0.05) is 42.5 Å². The zero-order valence-electron chi connectivity index (χ0n) is 16.9. The Morgan fingerprint density at radius 2 is 1.97 bits per heavy atom. The Balaban J connectivity index is 1.77. The van der Waals surface area contributed by atoms with Crippen molar-refractivity contribution in [3.63, 3.8) is 0 Å². The van der Waals surface area contributed by atoms with Gasteiger partial charge in [-0.15, -0.1) is 11.7 Å². The molecule has 0 radical (unpaired) electrons. The van der Waals surface area contributed by atoms with Crippen LogP contribution in [0.4, 0.5) is 10.1 Å². The Bertz CT molecular complexity index is 1340. The van der Waals surface area contributed by atoms with E-state index >= 15 is 0 Å². The summed E-state index contributed by atoms with van der Waals surface area (Å²) in [4.78, 5) is 30.3. The van der Waals surface area contributed by atoms with E-state index in [2.05, 4.69) is 22.0 Å². The van der Waals surface area contributed by atoms with Crippen LogP contribution in [0.15, 0.2) is 72.0 Å². The molecule has 8 heteroatoms. The zero-order chi connectivity index (χ0) is 22.0. The van der Waals surface area contributed by atoms with E-state index in [1.165, 1.54) is 22.7 Å². The van der Waals surface area contributed by atoms with E-state index in [1.54, 1.807) is 23.6 Å². The number of carbonyl (C=O) groups excluding carboxylic acids is 1. The maximum Gasteiger partial charge on any atom is 0.279 e. The summed E-state index contributed by atoms with van der Waals surface area (Å²) in [7, 11) is 0. The summed E-state index contributed by atoms with van der Waals surface area (Å²) in [6.07, 6.45) is 1.50. The minimum atomic E-state index is -0.459. The van der Waals surface area contributed by atoms with Crippen molar-refractivity contribution in [1.82, 2.24) is 19.2 Å². The molecule has 0 bridgehead atoms. The normalized spacial score (nSPS) is 10.9. The Morgan fingerprint density at radius 3 is 2.68 bits per heavy atom. The molecule has 4 rings (SSSR count). The van der Waals surface area contributed by atoms with Crippen molar-refractivity contribution in [1.29, 1.82) is 0 Å². The lowest BCUT2D eigenvalue weighted by molar-refractivity contribution is -0.115. The molecule has 0 aliphatic carbocycles. The highest BCUT2D eigenvalue weighted by molar-refractivity contribution is 5.92. The summed E-state index contributed by atoms with van der Waals surface area (Å²) < 4.78 is 16.4. The fourth-order valence-electron chi connectivity index (χ4n) is 3.40. The SMILES string of the molecule is C=CCn1c(C)c(CC(=O)Nc2cccc(F)c2)c(=O)n2nc(-c3ccccc3)nc12. The number of benzene rings is 2. The van der Waals surface area contributed by atoms with Gasteiger partial charge in [0.2, 0.25) is 11.7 Å². The molecule has 0 unspecified atom stereocenters. The number of hydrogen-bond donors (Lipinski definition) is 1. The first kappa shape index (κ1) is 20.2. The predicted molar refractivity (Wildman–Crippen MR) is 116 cm³/mol. The van der Waals surface area contributed by atoms with Crippen molar-refractivity contribution in [3.05, 3.63) is 94.7 Å². The number of anilines is 1. The van der Waals surface area contributed by atoms with Crippen LogP contribution in [0.25, 0.3) is 17.2 Å². The molecule has 31 heavy (non-hydrogen) atoms. The van der Waals surface area contributed by atoms with E-state index in [1.807, 2.05) is 30.3 Å². The van der Waals surface area contributed by atoms with Crippen LogP contribution >= 0.6 is 0 Å². The lowest BCUT2D eigenvalue weighted by atomic mass is 10.1. The Hall–Kier alpha value is -4.07. The second-order valence-electron chi connectivity index (χ2n) is 7.02. The average Bonchev–Trinajstić information content (AvgIpc) is 3.20. The van der Waals surface area contributed by atoms with Gasteiger partial charge in [0, 0.05) is 29.1 Å². The first-order chi connectivity index (χ1) is 15.0. The van der Waals surface area contributed by atoms with E-state index in [0.29, 0.717) is 29.5 Å². The summed E-state index contributed by atoms with van der Waals surface area (Å²) in [5.41, 5.74) is 1.56. The van der Waals surface area contributed by atoms with Crippen LogP contribution in [0.3, 0.4) is 0 Å². The smallest absolute Gasteiger partial charge is 0.279 e. The Morgan fingerprint density at radius 1 is 1.19 bits per heavy atom. The fraction of sp³-hybridized carbons (Fsp3) is 0.130. The molecular weight excluding hydrogens is 397 g/mol. The van der Waals surface area contributed by atoms with Crippen LogP contribution in [0.2, 0.25) is 0 Å². The van der Waals surface area contributed by atoms with E-state index in [9.17, 15) is 14.0 Å². The molecule has 4 aromatic rings. The molecule has 0 saturated carbocycles. The molecule has 1 amide bonds. The highest BCUT2D eigenvalue weighted by atomic mass is 19.1. The zero-order valence-corrected chi connectivity index (χ0v) is 16.9. The number of nitrogens with one attached hydrogen (secondary N) is 1. The number of nitrogens with zero attached hydrogens (tertiary/aromatic N) is 4. The summed E-state index contributed by atoms with van der Waals surface area (Å²) >= 11 is 0. The number of amides is 1.